The van der Waals surface area contributed by atoms with Crippen molar-refractivity contribution in [2.45, 2.75) is 45.6 Å². The number of hydrogen-bond acceptors (Lipinski definition) is 3. The highest BCUT2D eigenvalue weighted by Crippen LogP contribution is 2.26. The lowest BCUT2D eigenvalue weighted by atomic mass is 10.1. The van der Waals surface area contributed by atoms with Crippen LogP contribution in [-0.2, 0) is 9.59 Å². The van der Waals surface area contributed by atoms with Crippen LogP contribution in [0.1, 0.15) is 39.5 Å². The minimum Gasteiger partial charge on any atom is -0.342 e. The third-order valence-corrected chi connectivity index (χ3v) is 4.98. The fourth-order valence-electron chi connectivity index (χ4n) is 3.73. The summed E-state index contributed by atoms with van der Waals surface area (Å²) in [4.78, 5) is 28.7. The molecule has 1 N–H and O–H groups in total. The number of halogens is 1. The summed E-state index contributed by atoms with van der Waals surface area (Å²) in [5, 5.41) is 3.18. The maximum atomic E-state index is 12.6. The molecule has 2 aliphatic heterocycles. The van der Waals surface area contributed by atoms with E-state index in [1.54, 1.807) is 0 Å². The minimum absolute atomic E-state index is 0. The molecule has 2 aliphatic rings. The van der Waals surface area contributed by atoms with Gasteiger partial charge in [0.25, 0.3) is 0 Å². The van der Waals surface area contributed by atoms with Crippen molar-refractivity contribution in [3.05, 3.63) is 0 Å². The first-order chi connectivity index (χ1) is 10.1. The summed E-state index contributed by atoms with van der Waals surface area (Å²) in [5.41, 5.74) is 0. The number of nitrogens with zero attached hydrogens (tertiary/aromatic N) is 2. The second-order valence-corrected chi connectivity index (χ2v) is 6.41. The molecular formula is C16H30ClN3O2. The van der Waals surface area contributed by atoms with Gasteiger partial charge in [-0.25, -0.2) is 0 Å². The van der Waals surface area contributed by atoms with Crippen LogP contribution >= 0.6 is 12.4 Å². The van der Waals surface area contributed by atoms with Gasteiger partial charge in [0.1, 0.15) is 0 Å². The van der Waals surface area contributed by atoms with E-state index < -0.39 is 0 Å². The van der Waals surface area contributed by atoms with Crippen LogP contribution in [0, 0.1) is 11.8 Å². The Bertz CT molecular complexity index is 388. The molecule has 0 bridgehead atoms. The number of nitrogens with one attached hydrogen (secondary N) is 1. The van der Waals surface area contributed by atoms with Gasteiger partial charge in [-0.3, -0.25) is 9.59 Å². The van der Waals surface area contributed by atoms with Gasteiger partial charge in [0.2, 0.25) is 11.8 Å². The predicted octanol–water partition coefficient (Wildman–Crippen LogP) is 1.51. The molecule has 0 aliphatic carbocycles. The normalized spacial score (nSPS) is 25.0. The number of likely N-dealkylation sites (tertiary alicyclic amines) is 2. The van der Waals surface area contributed by atoms with Crippen LogP contribution in [0.15, 0.2) is 0 Å². The van der Waals surface area contributed by atoms with Crippen LogP contribution in [0.4, 0.5) is 0 Å². The predicted molar refractivity (Wildman–Crippen MR) is 90.1 cm³/mol. The van der Waals surface area contributed by atoms with E-state index in [9.17, 15) is 9.59 Å². The molecule has 2 fully saturated rings. The Morgan fingerprint density at radius 2 is 2.00 bits per heavy atom. The molecule has 22 heavy (non-hydrogen) atoms. The number of carbonyl (C=O) groups excluding carboxylic acids is 2. The first kappa shape index (κ1) is 19.2. The highest BCUT2D eigenvalue weighted by molar-refractivity contribution is 5.89. The Morgan fingerprint density at radius 1 is 1.32 bits per heavy atom. The molecular weight excluding hydrogens is 302 g/mol. The number of carbonyl (C=O) groups is 2. The van der Waals surface area contributed by atoms with Crippen molar-refractivity contribution in [1.82, 2.24) is 15.1 Å². The molecule has 2 rings (SSSR count). The number of hydrogen-bond donors (Lipinski definition) is 1. The third kappa shape index (κ3) is 4.13. The van der Waals surface area contributed by atoms with Gasteiger partial charge in [-0.2, -0.15) is 0 Å². The molecule has 0 aromatic rings. The van der Waals surface area contributed by atoms with Crippen molar-refractivity contribution in [3.63, 3.8) is 0 Å². The molecule has 0 aromatic heterocycles. The third-order valence-electron chi connectivity index (χ3n) is 4.98. The molecule has 128 valence electrons. The van der Waals surface area contributed by atoms with Gasteiger partial charge >= 0.3 is 0 Å². The molecule has 5 nitrogen and oxygen atoms in total. The average molecular weight is 332 g/mol. The number of amides is 2. The molecule has 2 amide bonds. The van der Waals surface area contributed by atoms with Crippen molar-refractivity contribution in [2.24, 2.45) is 11.8 Å². The second kappa shape index (κ2) is 8.73. The van der Waals surface area contributed by atoms with Gasteiger partial charge in [0, 0.05) is 32.1 Å². The van der Waals surface area contributed by atoms with Crippen LogP contribution in [-0.4, -0.2) is 60.9 Å². The topological polar surface area (TPSA) is 52.7 Å². The molecule has 0 spiro atoms. The van der Waals surface area contributed by atoms with Gasteiger partial charge in [-0.05, 0) is 38.8 Å². The minimum atomic E-state index is -0.119. The molecule has 2 heterocycles. The van der Waals surface area contributed by atoms with Crippen LogP contribution in [0.5, 0.6) is 0 Å². The Kier molecular flexibility index (Phi) is 7.63. The monoisotopic (exact) mass is 331 g/mol. The molecule has 2 unspecified atom stereocenters. The summed E-state index contributed by atoms with van der Waals surface area (Å²) in [6, 6.07) is 0.297. The van der Waals surface area contributed by atoms with Gasteiger partial charge < -0.3 is 15.1 Å². The summed E-state index contributed by atoms with van der Waals surface area (Å²) in [6.45, 7) is 7.50. The fourth-order valence-corrected chi connectivity index (χ4v) is 3.73. The van der Waals surface area contributed by atoms with E-state index in [0.29, 0.717) is 24.9 Å². The highest BCUT2D eigenvalue weighted by Gasteiger charge is 2.40. The molecule has 0 saturated carbocycles. The Morgan fingerprint density at radius 3 is 2.59 bits per heavy atom. The lowest BCUT2D eigenvalue weighted by molar-refractivity contribution is -0.135. The van der Waals surface area contributed by atoms with Crippen LogP contribution in [0.2, 0.25) is 0 Å². The zero-order chi connectivity index (χ0) is 15.4. The largest absolute Gasteiger partial charge is 0.342 e. The SMILES string of the molecule is CCC(CC)N1CC(C(=O)N2CCC(CNC)C2)CC1=O.Cl. The van der Waals surface area contributed by atoms with Crippen molar-refractivity contribution >= 4 is 24.2 Å². The van der Waals surface area contributed by atoms with Gasteiger partial charge in [-0.1, -0.05) is 13.8 Å². The Hall–Kier alpha value is -0.810. The molecule has 0 radical (unpaired) electrons. The molecule has 6 heteroatoms. The zero-order valence-electron chi connectivity index (χ0n) is 14.0. The van der Waals surface area contributed by atoms with E-state index in [4.69, 9.17) is 0 Å². The standard InChI is InChI=1S/C16H29N3O2.ClH/c1-4-14(5-2)19-11-13(8-15(19)20)16(21)18-7-6-12(10-18)9-17-3;/h12-14,17H,4-11H2,1-3H3;1H. The zero-order valence-corrected chi connectivity index (χ0v) is 14.8. The lowest BCUT2D eigenvalue weighted by Gasteiger charge is -2.26. The first-order valence-electron chi connectivity index (χ1n) is 8.33. The van der Waals surface area contributed by atoms with Gasteiger partial charge in [0.15, 0.2) is 0 Å². The maximum Gasteiger partial charge on any atom is 0.228 e. The van der Waals surface area contributed by atoms with E-state index in [-0.39, 0.29) is 30.1 Å². The van der Waals surface area contributed by atoms with Gasteiger partial charge in [-0.15, -0.1) is 12.4 Å². The van der Waals surface area contributed by atoms with Crippen LogP contribution in [0.25, 0.3) is 0 Å². The van der Waals surface area contributed by atoms with E-state index in [0.717, 1.165) is 38.9 Å². The Balaban J connectivity index is 0.00000242. The summed E-state index contributed by atoms with van der Waals surface area (Å²) in [7, 11) is 1.95. The quantitative estimate of drug-likeness (QED) is 0.802. The summed E-state index contributed by atoms with van der Waals surface area (Å²) < 4.78 is 0. The molecule has 2 saturated heterocycles. The lowest BCUT2D eigenvalue weighted by Crippen LogP contribution is -2.39. The van der Waals surface area contributed by atoms with Gasteiger partial charge in [0.05, 0.1) is 5.92 Å². The Labute approximate surface area is 140 Å². The summed E-state index contributed by atoms with van der Waals surface area (Å²) in [6.07, 6.45) is 3.42. The maximum absolute atomic E-state index is 12.6. The highest BCUT2D eigenvalue weighted by atomic mass is 35.5. The summed E-state index contributed by atoms with van der Waals surface area (Å²) >= 11 is 0. The smallest absolute Gasteiger partial charge is 0.228 e. The van der Waals surface area contributed by atoms with Crippen molar-refractivity contribution < 1.29 is 9.59 Å². The first-order valence-corrected chi connectivity index (χ1v) is 8.33. The van der Waals surface area contributed by atoms with Crippen molar-refractivity contribution in [2.75, 3.05) is 33.2 Å². The van der Waals surface area contributed by atoms with Crippen molar-refractivity contribution in [1.29, 1.82) is 0 Å². The van der Waals surface area contributed by atoms with Crippen LogP contribution < -0.4 is 5.32 Å². The van der Waals surface area contributed by atoms with Crippen molar-refractivity contribution in [3.8, 4) is 0 Å². The fraction of sp³-hybridized carbons (Fsp3) is 0.875. The summed E-state index contributed by atoms with van der Waals surface area (Å²) in [5.74, 6) is 0.793. The molecule has 2 atom stereocenters. The van der Waals surface area contributed by atoms with E-state index in [1.165, 1.54) is 0 Å². The van der Waals surface area contributed by atoms with E-state index in [2.05, 4.69) is 19.2 Å². The number of rotatable bonds is 6. The van der Waals surface area contributed by atoms with E-state index >= 15 is 0 Å². The van der Waals surface area contributed by atoms with E-state index in [1.807, 2.05) is 16.8 Å². The average Bonchev–Trinajstić information content (AvgIpc) is 3.08. The second-order valence-electron chi connectivity index (χ2n) is 6.41. The molecule has 0 aromatic carbocycles. The van der Waals surface area contributed by atoms with Crippen LogP contribution in [0.3, 0.4) is 0 Å².